The predicted molar refractivity (Wildman–Crippen MR) is 88.3 cm³/mol. The summed E-state index contributed by atoms with van der Waals surface area (Å²) in [6.45, 7) is 6.10. The van der Waals surface area contributed by atoms with Crippen molar-refractivity contribution in [1.82, 2.24) is 0 Å². The molecule has 3 heteroatoms. The van der Waals surface area contributed by atoms with Crippen molar-refractivity contribution in [3.05, 3.63) is 12.2 Å². The van der Waals surface area contributed by atoms with Crippen molar-refractivity contribution in [3.8, 4) is 0 Å². The molecule has 3 nitrogen and oxygen atoms in total. The lowest BCUT2D eigenvalue weighted by Gasteiger charge is -2.04. The fourth-order valence-corrected chi connectivity index (χ4v) is 2.27. The van der Waals surface area contributed by atoms with E-state index in [9.17, 15) is 4.79 Å². The van der Waals surface area contributed by atoms with Crippen molar-refractivity contribution in [1.29, 1.82) is 0 Å². The van der Waals surface area contributed by atoms with Crippen LogP contribution in [-0.4, -0.2) is 24.3 Å². The number of aliphatic hydroxyl groups excluding tert-OH is 1. The Kier molecular flexibility index (Phi) is 14.9. The van der Waals surface area contributed by atoms with Gasteiger partial charge in [0.2, 0.25) is 0 Å². The minimum absolute atomic E-state index is 0.269. The van der Waals surface area contributed by atoms with Crippen molar-refractivity contribution in [2.75, 3.05) is 13.2 Å². The number of hydrogen-bond donors (Lipinski definition) is 1. The SMILES string of the molecule is C=C(C)C(=O)OCCCCCCCCCCCCCCO. The summed E-state index contributed by atoms with van der Waals surface area (Å²) >= 11 is 0. The quantitative estimate of drug-likeness (QED) is 0.269. The van der Waals surface area contributed by atoms with Gasteiger partial charge in [0.25, 0.3) is 0 Å². The van der Waals surface area contributed by atoms with E-state index in [0.29, 0.717) is 18.8 Å². The van der Waals surface area contributed by atoms with Crippen molar-refractivity contribution in [2.45, 2.75) is 84.0 Å². The summed E-state index contributed by atoms with van der Waals surface area (Å²) in [5.41, 5.74) is 0.478. The molecule has 0 aliphatic heterocycles. The largest absolute Gasteiger partial charge is 0.462 e. The molecule has 0 aliphatic rings. The Labute approximate surface area is 130 Å². The Morgan fingerprint density at radius 2 is 1.19 bits per heavy atom. The van der Waals surface area contributed by atoms with Crippen LogP contribution in [0.3, 0.4) is 0 Å². The lowest BCUT2D eigenvalue weighted by molar-refractivity contribution is -0.139. The Bertz CT molecular complexity index is 261. The second-order valence-corrected chi connectivity index (χ2v) is 5.88. The van der Waals surface area contributed by atoms with Gasteiger partial charge in [-0.1, -0.05) is 70.8 Å². The van der Waals surface area contributed by atoms with Crippen molar-refractivity contribution in [3.63, 3.8) is 0 Å². The van der Waals surface area contributed by atoms with Gasteiger partial charge in [-0.2, -0.15) is 0 Å². The van der Waals surface area contributed by atoms with Gasteiger partial charge in [-0.15, -0.1) is 0 Å². The summed E-state index contributed by atoms with van der Waals surface area (Å²) in [6, 6.07) is 0. The van der Waals surface area contributed by atoms with Gasteiger partial charge >= 0.3 is 5.97 Å². The molecule has 0 unspecified atom stereocenters. The molecule has 0 atom stereocenters. The second-order valence-electron chi connectivity index (χ2n) is 5.88. The first-order valence-electron chi connectivity index (χ1n) is 8.62. The summed E-state index contributed by atoms with van der Waals surface area (Å²) in [5.74, 6) is -0.269. The van der Waals surface area contributed by atoms with Crippen LogP contribution >= 0.6 is 0 Å². The standard InChI is InChI=1S/C18H34O3/c1-17(2)18(20)21-16-14-12-10-8-6-4-3-5-7-9-11-13-15-19/h19H,1,3-16H2,2H3. The summed E-state index contributed by atoms with van der Waals surface area (Å²) in [7, 11) is 0. The van der Waals surface area contributed by atoms with Crippen molar-refractivity contribution in [2.24, 2.45) is 0 Å². The summed E-state index contributed by atoms with van der Waals surface area (Å²) in [4.78, 5) is 11.1. The van der Waals surface area contributed by atoms with E-state index in [1.807, 2.05) is 0 Å². The summed E-state index contributed by atoms with van der Waals surface area (Å²) < 4.78 is 5.05. The maximum Gasteiger partial charge on any atom is 0.333 e. The molecule has 124 valence electrons. The van der Waals surface area contributed by atoms with Gasteiger partial charge in [0.05, 0.1) is 6.61 Å². The molecule has 21 heavy (non-hydrogen) atoms. The number of ether oxygens (including phenoxy) is 1. The zero-order valence-electron chi connectivity index (χ0n) is 13.9. The van der Waals surface area contributed by atoms with Gasteiger partial charge in [0.1, 0.15) is 0 Å². The molecule has 0 rings (SSSR count). The molecular weight excluding hydrogens is 264 g/mol. The first-order chi connectivity index (χ1) is 10.2. The maximum atomic E-state index is 11.1. The van der Waals surface area contributed by atoms with Crippen LogP contribution in [0.25, 0.3) is 0 Å². The van der Waals surface area contributed by atoms with Gasteiger partial charge in [0, 0.05) is 12.2 Å². The summed E-state index contributed by atoms with van der Waals surface area (Å²) in [6.07, 6.45) is 14.7. The highest BCUT2D eigenvalue weighted by Gasteiger charge is 2.01. The third kappa shape index (κ3) is 15.4. The topological polar surface area (TPSA) is 46.5 Å². The highest BCUT2D eigenvalue weighted by molar-refractivity contribution is 5.86. The van der Waals surface area contributed by atoms with Crippen molar-refractivity contribution < 1.29 is 14.6 Å². The molecule has 0 aromatic rings. The highest BCUT2D eigenvalue weighted by Crippen LogP contribution is 2.12. The first kappa shape index (κ1) is 20.2. The number of carbonyl (C=O) groups is 1. The van der Waals surface area contributed by atoms with Gasteiger partial charge in [-0.05, 0) is 19.8 Å². The van der Waals surface area contributed by atoms with E-state index in [-0.39, 0.29) is 5.97 Å². The lowest BCUT2D eigenvalue weighted by atomic mass is 10.1. The fourth-order valence-electron chi connectivity index (χ4n) is 2.27. The molecule has 0 bridgehead atoms. The molecule has 0 saturated heterocycles. The minimum atomic E-state index is -0.269. The first-order valence-corrected chi connectivity index (χ1v) is 8.62. The molecule has 0 heterocycles. The van der Waals surface area contributed by atoms with E-state index in [0.717, 1.165) is 19.3 Å². The Balaban J connectivity index is 3.06. The van der Waals surface area contributed by atoms with Gasteiger partial charge < -0.3 is 9.84 Å². The van der Waals surface area contributed by atoms with Gasteiger partial charge in [0.15, 0.2) is 0 Å². The van der Waals surface area contributed by atoms with E-state index in [1.54, 1.807) is 6.92 Å². The fraction of sp³-hybridized carbons (Fsp3) is 0.833. The van der Waals surface area contributed by atoms with Crippen LogP contribution < -0.4 is 0 Å². The van der Waals surface area contributed by atoms with Crippen LogP contribution in [0.4, 0.5) is 0 Å². The summed E-state index contributed by atoms with van der Waals surface area (Å²) in [5, 5.41) is 8.67. The number of aliphatic hydroxyl groups is 1. The smallest absolute Gasteiger partial charge is 0.333 e. The van der Waals surface area contributed by atoms with Crippen LogP contribution in [-0.2, 0) is 9.53 Å². The third-order valence-corrected chi connectivity index (χ3v) is 3.63. The molecule has 0 aromatic heterocycles. The van der Waals surface area contributed by atoms with Crippen LogP contribution in [0.5, 0.6) is 0 Å². The molecule has 0 fully saturated rings. The maximum absolute atomic E-state index is 11.1. The number of esters is 1. The van der Waals surface area contributed by atoms with E-state index >= 15 is 0 Å². The number of carbonyl (C=O) groups excluding carboxylic acids is 1. The van der Waals surface area contributed by atoms with E-state index in [1.165, 1.54) is 57.8 Å². The van der Waals surface area contributed by atoms with Crippen molar-refractivity contribution >= 4 is 5.97 Å². The van der Waals surface area contributed by atoms with Crippen LogP contribution in [0, 0.1) is 0 Å². The van der Waals surface area contributed by atoms with Crippen LogP contribution in [0.1, 0.15) is 84.0 Å². The van der Waals surface area contributed by atoms with E-state index < -0.39 is 0 Å². The van der Waals surface area contributed by atoms with Gasteiger partial charge in [-0.3, -0.25) is 0 Å². The molecule has 0 saturated carbocycles. The Morgan fingerprint density at radius 3 is 1.57 bits per heavy atom. The normalized spacial score (nSPS) is 10.6. The molecular formula is C18H34O3. The lowest BCUT2D eigenvalue weighted by Crippen LogP contribution is -2.05. The second kappa shape index (κ2) is 15.6. The highest BCUT2D eigenvalue weighted by atomic mass is 16.5. The molecule has 0 radical (unpaired) electrons. The molecule has 0 amide bonds. The van der Waals surface area contributed by atoms with E-state index in [4.69, 9.17) is 9.84 Å². The average Bonchev–Trinajstić information content (AvgIpc) is 2.47. The van der Waals surface area contributed by atoms with Gasteiger partial charge in [-0.25, -0.2) is 4.79 Å². The monoisotopic (exact) mass is 298 g/mol. The molecule has 0 spiro atoms. The number of rotatable bonds is 15. The van der Waals surface area contributed by atoms with Crippen LogP contribution in [0.2, 0.25) is 0 Å². The predicted octanol–water partition coefficient (Wildman–Crippen LogP) is 4.78. The minimum Gasteiger partial charge on any atom is -0.462 e. The Morgan fingerprint density at radius 1 is 0.810 bits per heavy atom. The van der Waals surface area contributed by atoms with Crippen LogP contribution in [0.15, 0.2) is 12.2 Å². The zero-order chi connectivity index (χ0) is 15.8. The Hall–Kier alpha value is -0.830. The van der Waals surface area contributed by atoms with E-state index in [2.05, 4.69) is 6.58 Å². The third-order valence-electron chi connectivity index (χ3n) is 3.63. The average molecular weight is 298 g/mol. The number of unbranched alkanes of at least 4 members (excludes halogenated alkanes) is 11. The molecule has 0 aliphatic carbocycles. The number of hydrogen-bond acceptors (Lipinski definition) is 3. The zero-order valence-corrected chi connectivity index (χ0v) is 13.9. The molecule has 0 aromatic carbocycles. The molecule has 1 N–H and O–H groups in total.